The topological polar surface area (TPSA) is 46.5 Å². The molecule has 16 heavy (non-hydrogen) atoms. The van der Waals surface area contributed by atoms with Crippen molar-refractivity contribution in [3.63, 3.8) is 0 Å². The van der Waals surface area contributed by atoms with Gasteiger partial charge in [-0.2, -0.15) is 0 Å². The molecule has 0 radical (unpaired) electrons. The number of piperidine rings is 1. The molecule has 96 valence electrons. The van der Waals surface area contributed by atoms with Crippen LogP contribution in [0.2, 0.25) is 0 Å². The van der Waals surface area contributed by atoms with Crippen molar-refractivity contribution in [3.8, 4) is 0 Å². The summed E-state index contributed by atoms with van der Waals surface area (Å²) >= 11 is 0. The van der Waals surface area contributed by atoms with Gasteiger partial charge < -0.3 is 15.4 Å². The SMILES string of the molecule is CCC1(CC)CC(O)CC(CC)(CC)N1[O-]. The Kier molecular flexibility index (Phi) is 4.38. The summed E-state index contributed by atoms with van der Waals surface area (Å²) in [4.78, 5) is 0. The lowest BCUT2D eigenvalue weighted by atomic mass is 9.72. The summed E-state index contributed by atoms with van der Waals surface area (Å²) in [5, 5.41) is 24.0. The molecule has 0 aliphatic carbocycles. The molecule has 3 heteroatoms. The maximum Gasteiger partial charge on any atom is 0.0574 e. The molecule has 0 aromatic carbocycles. The summed E-state index contributed by atoms with van der Waals surface area (Å²) in [5.74, 6) is 0. The third-order valence-electron chi connectivity index (χ3n) is 4.73. The van der Waals surface area contributed by atoms with Gasteiger partial charge in [-0.3, -0.25) is 0 Å². The Balaban J connectivity index is 3.06. The van der Waals surface area contributed by atoms with E-state index in [1.54, 1.807) is 0 Å². The third-order valence-corrected chi connectivity index (χ3v) is 4.73. The van der Waals surface area contributed by atoms with Gasteiger partial charge in [0, 0.05) is 11.1 Å². The van der Waals surface area contributed by atoms with Gasteiger partial charge in [0.25, 0.3) is 0 Å². The number of hydroxylamine groups is 2. The highest BCUT2D eigenvalue weighted by Crippen LogP contribution is 2.45. The molecule has 3 nitrogen and oxygen atoms in total. The average molecular weight is 228 g/mol. The Bertz CT molecular complexity index is 200. The Morgan fingerprint density at radius 2 is 1.31 bits per heavy atom. The van der Waals surface area contributed by atoms with Crippen LogP contribution in [0, 0.1) is 5.21 Å². The number of aliphatic hydroxyl groups is 1. The lowest BCUT2D eigenvalue weighted by Crippen LogP contribution is -2.63. The van der Waals surface area contributed by atoms with Crippen molar-refractivity contribution in [2.24, 2.45) is 0 Å². The first-order valence-corrected chi connectivity index (χ1v) is 6.65. The zero-order valence-electron chi connectivity index (χ0n) is 11.1. The first-order valence-electron chi connectivity index (χ1n) is 6.65. The standard InChI is InChI=1S/C13H26NO2/c1-5-12(6-2)9-11(15)10-13(7-3,8-4)14(12)16/h11,15H,5-10H2,1-4H3/q-1. The largest absolute Gasteiger partial charge is 0.784 e. The summed E-state index contributed by atoms with van der Waals surface area (Å²) in [6.07, 6.45) is 4.25. The average Bonchev–Trinajstić information content (AvgIpc) is 2.32. The van der Waals surface area contributed by atoms with E-state index in [1.807, 2.05) is 0 Å². The normalized spacial score (nSPS) is 25.9. The molecule has 0 saturated carbocycles. The van der Waals surface area contributed by atoms with Crippen molar-refractivity contribution < 1.29 is 5.11 Å². The predicted molar refractivity (Wildman–Crippen MR) is 67.1 cm³/mol. The van der Waals surface area contributed by atoms with Crippen LogP contribution in [0.25, 0.3) is 0 Å². The number of rotatable bonds is 4. The van der Waals surface area contributed by atoms with Crippen LogP contribution in [-0.4, -0.2) is 27.4 Å². The zero-order chi connectivity index (χ0) is 12.4. The predicted octanol–water partition coefficient (Wildman–Crippen LogP) is 3.06. The summed E-state index contributed by atoms with van der Waals surface area (Å²) in [7, 11) is 0. The maximum atomic E-state index is 12.6. The Labute approximate surface area is 99.4 Å². The van der Waals surface area contributed by atoms with E-state index in [1.165, 1.54) is 5.06 Å². The fourth-order valence-electron chi connectivity index (χ4n) is 3.27. The highest BCUT2D eigenvalue weighted by molar-refractivity contribution is 5.06. The molecule has 1 fully saturated rings. The van der Waals surface area contributed by atoms with Crippen LogP contribution in [0.15, 0.2) is 0 Å². The highest BCUT2D eigenvalue weighted by Gasteiger charge is 2.45. The molecule has 0 unspecified atom stereocenters. The van der Waals surface area contributed by atoms with Crippen molar-refractivity contribution >= 4 is 0 Å². The van der Waals surface area contributed by atoms with Crippen LogP contribution in [0.1, 0.15) is 66.2 Å². The molecule has 0 aromatic heterocycles. The lowest BCUT2D eigenvalue weighted by Gasteiger charge is -2.63. The van der Waals surface area contributed by atoms with E-state index in [-0.39, 0.29) is 17.2 Å². The van der Waals surface area contributed by atoms with E-state index in [0.717, 1.165) is 25.7 Å². The quantitative estimate of drug-likeness (QED) is 0.804. The molecule has 0 amide bonds. The van der Waals surface area contributed by atoms with Gasteiger partial charge in [0.2, 0.25) is 0 Å². The van der Waals surface area contributed by atoms with E-state index in [9.17, 15) is 10.3 Å². The van der Waals surface area contributed by atoms with Gasteiger partial charge in [-0.25, -0.2) is 0 Å². The van der Waals surface area contributed by atoms with Crippen molar-refractivity contribution in [1.29, 1.82) is 0 Å². The molecule has 1 saturated heterocycles. The molecule has 1 N–H and O–H groups in total. The third kappa shape index (κ3) is 2.01. The minimum absolute atomic E-state index is 0.315. The Hall–Kier alpha value is -0.120. The number of hydrogen-bond acceptors (Lipinski definition) is 3. The van der Waals surface area contributed by atoms with Gasteiger partial charge in [0.05, 0.1) is 6.10 Å². The Morgan fingerprint density at radius 1 is 1.00 bits per heavy atom. The zero-order valence-corrected chi connectivity index (χ0v) is 11.1. The summed E-state index contributed by atoms with van der Waals surface area (Å²) < 4.78 is 0. The van der Waals surface area contributed by atoms with Gasteiger partial charge in [-0.15, -0.1) is 0 Å². The number of nitrogens with zero attached hydrogens (tertiary/aromatic N) is 1. The molecule has 0 bridgehead atoms. The van der Waals surface area contributed by atoms with E-state index in [2.05, 4.69) is 27.7 Å². The summed E-state index contributed by atoms with van der Waals surface area (Å²) in [5.41, 5.74) is -0.687. The highest BCUT2D eigenvalue weighted by atomic mass is 16.5. The first-order chi connectivity index (χ1) is 7.50. The molecular formula is C13H26NO2-. The minimum atomic E-state index is -0.344. The van der Waals surface area contributed by atoms with Gasteiger partial charge >= 0.3 is 0 Å². The van der Waals surface area contributed by atoms with Crippen molar-refractivity contribution in [2.75, 3.05) is 0 Å². The summed E-state index contributed by atoms with van der Waals surface area (Å²) in [6.45, 7) is 8.23. The second-order valence-electron chi connectivity index (χ2n) is 5.22. The fraction of sp³-hybridized carbons (Fsp3) is 1.00. The monoisotopic (exact) mass is 228 g/mol. The molecule has 1 heterocycles. The van der Waals surface area contributed by atoms with E-state index in [4.69, 9.17) is 0 Å². The Morgan fingerprint density at radius 3 is 1.56 bits per heavy atom. The minimum Gasteiger partial charge on any atom is -0.784 e. The second kappa shape index (κ2) is 5.03. The molecule has 1 rings (SSSR count). The summed E-state index contributed by atoms with van der Waals surface area (Å²) in [6, 6.07) is 0. The van der Waals surface area contributed by atoms with Gasteiger partial charge in [-0.1, -0.05) is 27.7 Å². The van der Waals surface area contributed by atoms with Crippen LogP contribution in [0.4, 0.5) is 0 Å². The van der Waals surface area contributed by atoms with Crippen LogP contribution in [-0.2, 0) is 0 Å². The fourth-order valence-corrected chi connectivity index (χ4v) is 3.27. The number of aliphatic hydroxyl groups excluding tert-OH is 1. The molecule has 0 spiro atoms. The molecule has 1 aliphatic heterocycles. The van der Waals surface area contributed by atoms with Gasteiger partial charge in [0.15, 0.2) is 0 Å². The van der Waals surface area contributed by atoms with Crippen molar-refractivity contribution in [2.45, 2.75) is 83.4 Å². The van der Waals surface area contributed by atoms with Crippen LogP contribution >= 0.6 is 0 Å². The van der Waals surface area contributed by atoms with E-state index < -0.39 is 0 Å². The lowest BCUT2D eigenvalue weighted by molar-refractivity contribution is -0.0888. The van der Waals surface area contributed by atoms with Crippen molar-refractivity contribution in [1.82, 2.24) is 5.06 Å². The smallest absolute Gasteiger partial charge is 0.0574 e. The first kappa shape index (κ1) is 13.9. The molecular weight excluding hydrogens is 202 g/mol. The van der Waals surface area contributed by atoms with E-state index >= 15 is 0 Å². The molecule has 0 atom stereocenters. The molecule has 1 aliphatic rings. The van der Waals surface area contributed by atoms with Gasteiger partial charge in [0.1, 0.15) is 0 Å². The second-order valence-corrected chi connectivity index (χ2v) is 5.22. The van der Waals surface area contributed by atoms with Gasteiger partial charge in [-0.05, 0) is 38.5 Å². The number of hydrogen-bond donors (Lipinski definition) is 1. The van der Waals surface area contributed by atoms with Crippen molar-refractivity contribution in [3.05, 3.63) is 5.21 Å². The van der Waals surface area contributed by atoms with Crippen LogP contribution in [0.3, 0.4) is 0 Å². The maximum absolute atomic E-state index is 12.6. The molecule has 0 aromatic rings. The van der Waals surface area contributed by atoms with E-state index in [0.29, 0.717) is 12.8 Å². The van der Waals surface area contributed by atoms with Crippen LogP contribution < -0.4 is 0 Å². The van der Waals surface area contributed by atoms with Crippen LogP contribution in [0.5, 0.6) is 0 Å².